The number of aliphatic hydroxyl groups excluding tert-OH is 2. The first-order valence-electron chi connectivity index (χ1n) is 11.2. The molecule has 0 aliphatic heterocycles. The van der Waals surface area contributed by atoms with E-state index in [0.717, 1.165) is 18.2 Å². The fourth-order valence-electron chi connectivity index (χ4n) is 3.15. The number of rotatable bonds is 11. The topological polar surface area (TPSA) is 101 Å². The second-order valence-corrected chi connectivity index (χ2v) is 15.8. The van der Waals surface area contributed by atoms with Gasteiger partial charge in [0.15, 0.2) is 22.5 Å². The Hall–Kier alpha value is -2.35. The Bertz CT molecular complexity index is 1200. The van der Waals surface area contributed by atoms with E-state index in [-0.39, 0.29) is 29.8 Å². The lowest BCUT2D eigenvalue weighted by atomic mass is 10.2. The Kier molecular flexibility index (Phi) is 9.61. The van der Waals surface area contributed by atoms with Gasteiger partial charge in [0, 0.05) is 51.4 Å². The number of nitrogens with one attached hydrogen (secondary N) is 2. The van der Waals surface area contributed by atoms with E-state index in [1.807, 2.05) is 0 Å². The van der Waals surface area contributed by atoms with Crippen LogP contribution in [0.1, 0.15) is 0 Å². The van der Waals surface area contributed by atoms with Crippen molar-refractivity contribution in [1.29, 1.82) is 0 Å². The predicted molar refractivity (Wildman–Crippen MR) is 143 cm³/mol. The fraction of sp³-hybridized carbons (Fsp3) is 0.391. The normalized spacial score (nSPS) is 12.6. The second-order valence-electron chi connectivity index (χ2n) is 9.35. The van der Waals surface area contributed by atoms with Gasteiger partial charge in [0.2, 0.25) is 0 Å². The highest BCUT2D eigenvalue weighted by Gasteiger charge is 2.19. The lowest BCUT2D eigenvalue weighted by Gasteiger charge is -2.15. The van der Waals surface area contributed by atoms with E-state index in [9.17, 15) is 13.9 Å². The molecular weight excluding hydrogens is 530 g/mol. The molecule has 2 heterocycles. The number of aliphatic hydroxyl groups is 2. The molecule has 1 aromatic carbocycles. The minimum absolute atomic E-state index is 0.0194. The Labute approximate surface area is 219 Å². The van der Waals surface area contributed by atoms with Crippen LogP contribution >= 0.6 is 23.8 Å². The van der Waals surface area contributed by atoms with Crippen molar-refractivity contribution >= 4 is 53.7 Å². The van der Waals surface area contributed by atoms with Crippen LogP contribution in [0.25, 0.3) is 11.0 Å². The van der Waals surface area contributed by atoms with E-state index < -0.39 is 38.2 Å². The standard InChI is InChI=1S/C23H29ClF2N4O4SSi/c1-36(2,3)7-6-33-13-30-11-16(24)20-19(4-5-27-22(20)30)34-21-17(25)8-14(9-18(21)26)29-23(35)28-10-15(32)12-31/h4-5,8-9,11,15,31-32H,6-7,10,12-13H2,1-3H3,(H2,28,29,35). The molecule has 3 rings (SSSR count). The summed E-state index contributed by atoms with van der Waals surface area (Å²) in [6, 6.07) is 4.52. The zero-order chi connectivity index (χ0) is 26.5. The lowest BCUT2D eigenvalue weighted by molar-refractivity contribution is 0.0899. The van der Waals surface area contributed by atoms with Crippen molar-refractivity contribution in [1.82, 2.24) is 14.9 Å². The van der Waals surface area contributed by atoms with Crippen LogP contribution in [0.15, 0.2) is 30.6 Å². The molecule has 1 atom stereocenters. The van der Waals surface area contributed by atoms with Crippen molar-refractivity contribution < 1.29 is 28.5 Å². The minimum atomic E-state index is -1.23. The minimum Gasteiger partial charge on any atom is -0.450 e. The Morgan fingerprint density at radius 2 is 1.97 bits per heavy atom. The van der Waals surface area contributed by atoms with E-state index in [0.29, 0.717) is 22.7 Å². The molecule has 13 heteroatoms. The van der Waals surface area contributed by atoms with Gasteiger partial charge in [0.1, 0.15) is 18.1 Å². The van der Waals surface area contributed by atoms with Gasteiger partial charge in [0.25, 0.3) is 0 Å². The van der Waals surface area contributed by atoms with Gasteiger partial charge in [-0.25, -0.2) is 13.8 Å². The third-order valence-electron chi connectivity index (χ3n) is 5.08. The van der Waals surface area contributed by atoms with Crippen molar-refractivity contribution in [3.05, 3.63) is 47.2 Å². The van der Waals surface area contributed by atoms with E-state index in [1.54, 1.807) is 10.8 Å². The maximum Gasteiger partial charge on any atom is 0.198 e. The quantitative estimate of drug-likeness (QED) is 0.152. The van der Waals surface area contributed by atoms with Crippen LogP contribution in [-0.2, 0) is 11.5 Å². The molecule has 196 valence electrons. The van der Waals surface area contributed by atoms with Crippen LogP contribution in [-0.4, -0.2) is 58.8 Å². The number of ether oxygens (including phenoxy) is 2. The summed E-state index contributed by atoms with van der Waals surface area (Å²) in [6.45, 7) is 7.15. The van der Waals surface area contributed by atoms with Gasteiger partial charge in [0.05, 0.1) is 23.1 Å². The Morgan fingerprint density at radius 1 is 1.28 bits per heavy atom. The van der Waals surface area contributed by atoms with Crippen LogP contribution in [0.4, 0.5) is 14.5 Å². The maximum atomic E-state index is 14.8. The summed E-state index contributed by atoms with van der Waals surface area (Å²) >= 11 is 11.4. The van der Waals surface area contributed by atoms with Gasteiger partial charge in [-0.2, -0.15) is 0 Å². The summed E-state index contributed by atoms with van der Waals surface area (Å²) in [5.41, 5.74) is 0.499. The van der Waals surface area contributed by atoms with E-state index in [4.69, 9.17) is 38.4 Å². The van der Waals surface area contributed by atoms with Crippen LogP contribution in [0.2, 0.25) is 30.7 Å². The molecule has 0 saturated heterocycles. The molecule has 0 spiro atoms. The third-order valence-corrected chi connectivity index (χ3v) is 7.31. The molecular formula is C23H29ClF2N4O4SSi. The maximum absolute atomic E-state index is 14.8. The van der Waals surface area contributed by atoms with Gasteiger partial charge >= 0.3 is 0 Å². The second kappa shape index (κ2) is 12.3. The SMILES string of the molecule is C[Si](C)(C)CCOCn1cc(Cl)c2c(Oc3c(F)cc(NC(=S)NCC(O)CO)cc3F)ccnc21. The molecule has 0 amide bonds. The first-order chi connectivity index (χ1) is 17.0. The third kappa shape index (κ3) is 7.57. The predicted octanol–water partition coefficient (Wildman–Crippen LogP) is 4.71. The van der Waals surface area contributed by atoms with Crippen molar-refractivity contribution in [2.75, 3.05) is 25.1 Å². The number of hydrogen-bond acceptors (Lipinski definition) is 6. The van der Waals surface area contributed by atoms with Gasteiger partial charge in [-0.3, -0.25) is 0 Å². The number of aromatic nitrogens is 2. The molecule has 8 nitrogen and oxygen atoms in total. The highest BCUT2D eigenvalue weighted by atomic mass is 35.5. The fourth-order valence-corrected chi connectivity index (χ4v) is 4.41. The molecule has 0 aliphatic carbocycles. The van der Waals surface area contributed by atoms with E-state index >= 15 is 0 Å². The van der Waals surface area contributed by atoms with E-state index in [1.165, 1.54) is 12.3 Å². The van der Waals surface area contributed by atoms with Crippen LogP contribution in [0.3, 0.4) is 0 Å². The van der Waals surface area contributed by atoms with E-state index in [2.05, 4.69) is 35.3 Å². The first-order valence-corrected chi connectivity index (χ1v) is 15.7. The first kappa shape index (κ1) is 28.2. The Balaban J connectivity index is 1.76. The number of hydrogen-bond donors (Lipinski definition) is 4. The molecule has 3 aromatic rings. The summed E-state index contributed by atoms with van der Waals surface area (Å²) < 4.78 is 42.7. The van der Waals surface area contributed by atoms with Crippen LogP contribution in [0.5, 0.6) is 11.5 Å². The zero-order valence-corrected chi connectivity index (χ0v) is 22.7. The van der Waals surface area contributed by atoms with Crippen molar-refractivity contribution in [3.63, 3.8) is 0 Å². The van der Waals surface area contributed by atoms with Gasteiger partial charge in [-0.1, -0.05) is 31.2 Å². The van der Waals surface area contributed by atoms with Gasteiger partial charge < -0.3 is 34.9 Å². The monoisotopic (exact) mass is 558 g/mol. The van der Waals surface area contributed by atoms with Crippen LogP contribution < -0.4 is 15.4 Å². The molecule has 0 bridgehead atoms. The van der Waals surface area contributed by atoms with Gasteiger partial charge in [-0.05, 0) is 24.3 Å². The number of benzene rings is 1. The number of thiocarbonyl (C=S) groups is 1. The van der Waals surface area contributed by atoms with Crippen molar-refractivity contribution in [2.24, 2.45) is 0 Å². The molecule has 1 unspecified atom stereocenters. The summed E-state index contributed by atoms with van der Waals surface area (Å²) in [7, 11) is -1.23. The molecule has 2 aromatic heterocycles. The summed E-state index contributed by atoms with van der Waals surface area (Å²) in [6.07, 6.45) is 2.08. The number of nitrogens with zero attached hydrogens (tertiary/aromatic N) is 2. The molecule has 0 saturated carbocycles. The number of pyridine rings is 1. The molecule has 36 heavy (non-hydrogen) atoms. The lowest BCUT2D eigenvalue weighted by Crippen LogP contribution is -2.36. The molecule has 4 N–H and O–H groups in total. The molecule has 0 aliphatic rings. The highest BCUT2D eigenvalue weighted by molar-refractivity contribution is 7.80. The Morgan fingerprint density at radius 3 is 2.61 bits per heavy atom. The van der Waals surface area contributed by atoms with Crippen molar-refractivity contribution in [3.8, 4) is 11.5 Å². The largest absolute Gasteiger partial charge is 0.450 e. The average Bonchev–Trinajstić information content (AvgIpc) is 3.13. The number of fused-ring (bicyclic) bond motifs is 1. The summed E-state index contributed by atoms with van der Waals surface area (Å²) in [4.78, 5) is 4.33. The van der Waals surface area contributed by atoms with Crippen LogP contribution in [0, 0.1) is 11.6 Å². The number of anilines is 1. The van der Waals surface area contributed by atoms with Crippen molar-refractivity contribution in [2.45, 2.75) is 38.5 Å². The summed E-state index contributed by atoms with van der Waals surface area (Å²) in [5.74, 6) is -2.41. The smallest absolute Gasteiger partial charge is 0.198 e. The molecule has 0 radical (unpaired) electrons. The zero-order valence-electron chi connectivity index (χ0n) is 20.1. The summed E-state index contributed by atoms with van der Waals surface area (Å²) in [5, 5.41) is 24.2. The van der Waals surface area contributed by atoms with Gasteiger partial charge in [-0.15, -0.1) is 0 Å². The number of halogens is 3. The highest BCUT2D eigenvalue weighted by Crippen LogP contribution is 2.37. The average molecular weight is 559 g/mol. The molecule has 0 fully saturated rings.